The molecule has 0 aromatic heterocycles. The molecule has 0 aromatic rings. The summed E-state index contributed by atoms with van der Waals surface area (Å²) in [6.07, 6.45) is -0.319. The Balaban J connectivity index is 2.70. The maximum absolute atomic E-state index is 13.3. The van der Waals surface area contributed by atoms with E-state index in [0.717, 1.165) is 0 Å². The number of rotatable bonds is 4. The Morgan fingerprint density at radius 1 is 1.06 bits per heavy atom. The summed E-state index contributed by atoms with van der Waals surface area (Å²) in [5.41, 5.74) is 0. The second-order valence-corrected chi connectivity index (χ2v) is 4.13. The van der Waals surface area contributed by atoms with Gasteiger partial charge in [-0.25, -0.2) is 4.39 Å². The quantitative estimate of drug-likeness (QED) is 0.710. The molecule has 1 aliphatic rings. The van der Waals surface area contributed by atoms with Crippen LogP contribution in [0.3, 0.4) is 0 Å². The zero-order valence-electron chi connectivity index (χ0n) is 10.3. The van der Waals surface area contributed by atoms with Gasteiger partial charge in [-0.1, -0.05) is 0 Å². The predicted molar refractivity (Wildman–Crippen MR) is 59.0 cm³/mol. The van der Waals surface area contributed by atoms with Crippen LogP contribution in [0.1, 0.15) is 33.1 Å². The Hall–Kier alpha value is -1.13. The number of hydrogen-bond acceptors (Lipinski definition) is 4. The zero-order valence-corrected chi connectivity index (χ0v) is 10.3. The molecular weight excluding hydrogens is 227 g/mol. The summed E-state index contributed by atoms with van der Waals surface area (Å²) < 4.78 is 23.1. The molecule has 0 aromatic carbocycles. The van der Waals surface area contributed by atoms with Gasteiger partial charge in [-0.2, -0.15) is 0 Å². The van der Waals surface area contributed by atoms with Gasteiger partial charge in [0.25, 0.3) is 0 Å². The highest BCUT2D eigenvalue weighted by Gasteiger charge is 2.41. The molecule has 0 saturated heterocycles. The molecule has 98 valence electrons. The average Bonchev–Trinajstić information content (AvgIpc) is 2.29. The van der Waals surface area contributed by atoms with Crippen molar-refractivity contribution in [3.05, 3.63) is 0 Å². The molecular formula is C12H19FO4. The lowest BCUT2D eigenvalue weighted by Crippen LogP contribution is -2.38. The summed E-state index contributed by atoms with van der Waals surface area (Å²) in [5.74, 6) is -2.16. The van der Waals surface area contributed by atoms with Gasteiger partial charge in [0.15, 0.2) is 0 Å². The second-order valence-electron chi connectivity index (χ2n) is 4.13. The summed E-state index contributed by atoms with van der Waals surface area (Å²) in [6.45, 7) is 3.90. The molecule has 0 aliphatic heterocycles. The zero-order chi connectivity index (χ0) is 12.8. The van der Waals surface area contributed by atoms with E-state index in [2.05, 4.69) is 0 Å². The van der Waals surface area contributed by atoms with E-state index < -0.39 is 29.9 Å². The number of alkyl halides is 1. The summed E-state index contributed by atoms with van der Waals surface area (Å²) in [4.78, 5) is 23.3. The Bertz CT molecular complexity index is 280. The van der Waals surface area contributed by atoms with E-state index in [4.69, 9.17) is 9.47 Å². The lowest BCUT2D eigenvalue weighted by Gasteiger charge is -2.29. The number of carbonyl (C=O) groups is 2. The largest absolute Gasteiger partial charge is 0.466 e. The molecule has 0 bridgehead atoms. The van der Waals surface area contributed by atoms with Gasteiger partial charge in [0.05, 0.1) is 25.0 Å². The number of hydrogen-bond donors (Lipinski definition) is 0. The third kappa shape index (κ3) is 3.68. The standard InChI is InChI=1S/C12H19FO4/c1-3-16-11(14)9-6-5-8(13)7-10(9)12(15)17-4-2/h8-10H,3-7H2,1-2H3/t8?,9-,10-/m1/s1. The van der Waals surface area contributed by atoms with Crippen molar-refractivity contribution < 1.29 is 23.5 Å². The van der Waals surface area contributed by atoms with Crippen LogP contribution in [-0.4, -0.2) is 31.3 Å². The number of ether oxygens (including phenoxy) is 2. The molecule has 0 radical (unpaired) electrons. The minimum atomic E-state index is -1.03. The highest BCUT2D eigenvalue weighted by atomic mass is 19.1. The third-order valence-electron chi connectivity index (χ3n) is 2.96. The van der Waals surface area contributed by atoms with E-state index in [9.17, 15) is 14.0 Å². The van der Waals surface area contributed by atoms with Crippen LogP contribution in [0.4, 0.5) is 4.39 Å². The van der Waals surface area contributed by atoms with Crippen LogP contribution in [-0.2, 0) is 19.1 Å². The van der Waals surface area contributed by atoms with Crippen LogP contribution < -0.4 is 0 Å². The van der Waals surface area contributed by atoms with Crippen LogP contribution in [0.15, 0.2) is 0 Å². The van der Waals surface area contributed by atoms with E-state index in [1.165, 1.54) is 0 Å². The fourth-order valence-corrected chi connectivity index (χ4v) is 2.16. The molecule has 1 rings (SSSR count). The lowest BCUT2D eigenvalue weighted by molar-refractivity contribution is -0.163. The Kier molecular flexibility index (Phi) is 5.38. The second kappa shape index (κ2) is 6.57. The summed E-state index contributed by atoms with van der Waals surface area (Å²) >= 11 is 0. The van der Waals surface area contributed by atoms with Gasteiger partial charge < -0.3 is 9.47 Å². The van der Waals surface area contributed by atoms with E-state index in [1.54, 1.807) is 13.8 Å². The summed E-state index contributed by atoms with van der Waals surface area (Å²) in [6, 6.07) is 0. The van der Waals surface area contributed by atoms with E-state index in [-0.39, 0.29) is 19.6 Å². The monoisotopic (exact) mass is 246 g/mol. The van der Waals surface area contributed by atoms with Crippen molar-refractivity contribution in [2.75, 3.05) is 13.2 Å². The molecule has 0 spiro atoms. The van der Waals surface area contributed by atoms with Gasteiger partial charge in [-0.15, -0.1) is 0 Å². The minimum absolute atomic E-state index is 0.0579. The van der Waals surface area contributed by atoms with E-state index >= 15 is 0 Å². The van der Waals surface area contributed by atoms with Gasteiger partial charge >= 0.3 is 11.9 Å². The molecule has 5 heteroatoms. The molecule has 1 aliphatic carbocycles. The van der Waals surface area contributed by atoms with Gasteiger partial charge in [-0.05, 0) is 33.1 Å². The summed E-state index contributed by atoms with van der Waals surface area (Å²) in [7, 11) is 0. The number of halogens is 1. The number of esters is 2. The first-order chi connectivity index (χ1) is 8.10. The average molecular weight is 246 g/mol. The Morgan fingerprint density at radius 2 is 1.59 bits per heavy atom. The van der Waals surface area contributed by atoms with Gasteiger partial charge in [0.2, 0.25) is 0 Å². The van der Waals surface area contributed by atoms with Crippen molar-refractivity contribution in [1.29, 1.82) is 0 Å². The number of carbonyl (C=O) groups excluding carboxylic acids is 2. The molecule has 1 saturated carbocycles. The van der Waals surface area contributed by atoms with Crippen LogP contribution in [0.25, 0.3) is 0 Å². The Labute approximate surface area is 100 Å². The minimum Gasteiger partial charge on any atom is -0.466 e. The Morgan fingerprint density at radius 3 is 2.12 bits per heavy atom. The highest BCUT2D eigenvalue weighted by Crippen LogP contribution is 2.33. The maximum atomic E-state index is 13.3. The first kappa shape index (κ1) is 13.9. The SMILES string of the molecule is CCOC(=O)[C@@H]1CCC(F)C[C@H]1C(=O)OCC. The normalized spacial score (nSPS) is 28.5. The van der Waals surface area contributed by atoms with E-state index in [1.807, 2.05) is 0 Å². The molecule has 4 nitrogen and oxygen atoms in total. The van der Waals surface area contributed by atoms with Crippen LogP contribution >= 0.6 is 0 Å². The van der Waals surface area contributed by atoms with E-state index in [0.29, 0.717) is 12.8 Å². The van der Waals surface area contributed by atoms with Crippen LogP contribution in [0.2, 0.25) is 0 Å². The van der Waals surface area contributed by atoms with Crippen molar-refractivity contribution in [3.8, 4) is 0 Å². The smallest absolute Gasteiger partial charge is 0.309 e. The van der Waals surface area contributed by atoms with Gasteiger partial charge in [0.1, 0.15) is 6.17 Å². The first-order valence-corrected chi connectivity index (χ1v) is 6.07. The predicted octanol–water partition coefficient (Wildman–Crippen LogP) is 1.87. The van der Waals surface area contributed by atoms with Crippen molar-refractivity contribution in [2.24, 2.45) is 11.8 Å². The van der Waals surface area contributed by atoms with Crippen molar-refractivity contribution in [2.45, 2.75) is 39.3 Å². The molecule has 17 heavy (non-hydrogen) atoms. The fraction of sp³-hybridized carbons (Fsp3) is 0.833. The van der Waals surface area contributed by atoms with Gasteiger partial charge in [0, 0.05) is 0 Å². The maximum Gasteiger partial charge on any atom is 0.309 e. The highest BCUT2D eigenvalue weighted by molar-refractivity contribution is 5.82. The molecule has 0 heterocycles. The lowest BCUT2D eigenvalue weighted by atomic mass is 9.78. The topological polar surface area (TPSA) is 52.6 Å². The molecule has 3 atom stereocenters. The molecule has 0 N–H and O–H groups in total. The van der Waals surface area contributed by atoms with Crippen molar-refractivity contribution in [3.63, 3.8) is 0 Å². The van der Waals surface area contributed by atoms with Crippen LogP contribution in [0, 0.1) is 11.8 Å². The fourth-order valence-electron chi connectivity index (χ4n) is 2.16. The molecule has 1 fully saturated rings. The van der Waals surface area contributed by atoms with Gasteiger partial charge in [-0.3, -0.25) is 9.59 Å². The molecule has 0 amide bonds. The third-order valence-corrected chi connectivity index (χ3v) is 2.96. The van der Waals surface area contributed by atoms with Crippen LogP contribution in [0.5, 0.6) is 0 Å². The van der Waals surface area contributed by atoms with Crippen molar-refractivity contribution in [1.82, 2.24) is 0 Å². The molecule has 1 unspecified atom stereocenters. The van der Waals surface area contributed by atoms with Crippen molar-refractivity contribution >= 4 is 11.9 Å². The summed E-state index contributed by atoms with van der Waals surface area (Å²) in [5, 5.41) is 0. The first-order valence-electron chi connectivity index (χ1n) is 6.07.